The molecule has 3 nitrogen and oxygen atoms in total. The van der Waals surface area contributed by atoms with Gasteiger partial charge >= 0.3 is 5.13 Å². The lowest BCUT2D eigenvalue weighted by atomic mass is 9.75. The number of benzene rings is 2. The van der Waals surface area contributed by atoms with E-state index >= 15 is 0 Å². The van der Waals surface area contributed by atoms with Crippen molar-refractivity contribution in [3.8, 4) is 5.75 Å². The summed E-state index contributed by atoms with van der Waals surface area (Å²) >= 11 is 1.41. The van der Waals surface area contributed by atoms with Crippen molar-refractivity contribution in [2.24, 2.45) is 0 Å². The van der Waals surface area contributed by atoms with Crippen LogP contribution < -0.4 is 15.5 Å². The topological polar surface area (TPSA) is 49.4 Å². The van der Waals surface area contributed by atoms with Crippen molar-refractivity contribution < 1.29 is 18.5 Å². The van der Waals surface area contributed by atoms with Crippen molar-refractivity contribution in [3.63, 3.8) is 0 Å². The first-order chi connectivity index (χ1) is 11.9. The van der Waals surface area contributed by atoms with E-state index in [9.17, 15) is 8.78 Å². The minimum atomic E-state index is -0.846. The predicted molar refractivity (Wildman–Crippen MR) is 94.8 cm³/mol. The second-order valence-electron chi connectivity index (χ2n) is 6.12. The highest BCUT2D eigenvalue weighted by Crippen LogP contribution is 2.36. The standard InChI is InChI=1S/C19H18F2N2OS/c1-19(17-11-25-18(22)23-17,13-4-6-14(24-2)7-5-13)10-12-3-8-15(20)16(21)9-12/h3-9,11H,10H2,1-2H3,(H2,22,23)/p+1. The van der Waals surface area contributed by atoms with E-state index in [1.54, 1.807) is 13.2 Å². The number of hydrogen-bond donors (Lipinski definition) is 1. The van der Waals surface area contributed by atoms with Crippen LogP contribution in [0.15, 0.2) is 47.8 Å². The van der Waals surface area contributed by atoms with Gasteiger partial charge in [0, 0.05) is 5.38 Å². The molecule has 0 radical (unpaired) electrons. The van der Waals surface area contributed by atoms with Gasteiger partial charge in [-0.3, -0.25) is 5.73 Å². The second-order valence-corrected chi connectivity index (χ2v) is 7.04. The van der Waals surface area contributed by atoms with Gasteiger partial charge < -0.3 is 4.74 Å². The van der Waals surface area contributed by atoms with Crippen molar-refractivity contribution in [3.05, 3.63) is 76.3 Å². The van der Waals surface area contributed by atoms with Gasteiger partial charge in [-0.2, -0.15) is 0 Å². The highest BCUT2D eigenvalue weighted by Gasteiger charge is 2.34. The van der Waals surface area contributed by atoms with Gasteiger partial charge in [-0.1, -0.05) is 29.5 Å². The molecule has 130 valence electrons. The molecule has 3 rings (SSSR count). The number of thiazole rings is 1. The van der Waals surface area contributed by atoms with Crippen molar-refractivity contribution in [2.45, 2.75) is 18.8 Å². The Morgan fingerprint density at radius 2 is 1.84 bits per heavy atom. The molecule has 6 heteroatoms. The summed E-state index contributed by atoms with van der Waals surface area (Å²) in [6.45, 7) is 2.05. The average Bonchev–Trinajstić information content (AvgIpc) is 3.05. The Bertz CT molecular complexity index is 879. The number of H-pyrrole nitrogens is 1. The Kier molecular flexibility index (Phi) is 4.72. The monoisotopic (exact) mass is 361 g/mol. The van der Waals surface area contributed by atoms with Crippen molar-refractivity contribution in [2.75, 3.05) is 12.8 Å². The fraction of sp³-hybridized carbons (Fsp3) is 0.211. The van der Waals surface area contributed by atoms with Crippen LogP contribution in [0, 0.1) is 11.6 Å². The highest BCUT2D eigenvalue weighted by atomic mass is 32.1. The summed E-state index contributed by atoms with van der Waals surface area (Å²) in [5, 5.41) is 2.56. The smallest absolute Gasteiger partial charge is 0.329 e. The molecule has 1 aromatic heterocycles. The number of nitrogens with two attached hydrogens (primary N) is 1. The maximum absolute atomic E-state index is 13.6. The largest absolute Gasteiger partial charge is 0.497 e. The summed E-state index contributed by atoms with van der Waals surface area (Å²) in [7, 11) is 1.61. The lowest BCUT2D eigenvalue weighted by molar-refractivity contribution is -0.373. The zero-order valence-electron chi connectivity index (χ0n) is 14.0. The third kappa shape index (κ3) is 3.49. The lowest BCUT2D eigenvalue weighted by Crippen LogP contribution is -2.32. The Balaban J connectivity index is 2.06. The van der Waals surface area contributed by atoms with Crippen LogP contribution in [0.3, 0.4) is 0 Å². The van der Waals surface area contributed by atoms with E-state index in [1.807, 2.05) is 36.6 Å². The molecule has 0 saturated carbocycles. The van der Waals surface area contributed by atoms with Gasteiger partial charge in [-0.25, -0.2) is 13.8 Å². The fourth-order valence-electron chi connectivity index (χ4n) is 2.95. The number of aromatic nitrogens is 1. The highest BCUT2D eigenvalue weighted by molar-refractivity contribution is 7.13. The predicted octanol–water partition coefficient (Wildman–Crippen LogP) is 3.98. The molecular weight excluding hydrogens is 342 g/mol. The minimum absolute atomic E-state index is 0.481. The molecule has 3 N–H and O–H groups in total. The van der Waals surface area contributed by atoms with E-state index < -0.39 is 17.0 Å². The van der Waals surface area contributed by atoms with Gasteiger partial charge in [-0.05, 0) is 48.7 Å². The number of halogens is 2. The average molecular weight is 361 g/mol. The van der Waals surface area contributed by atoms with Crippen LogP contribution in [0.4, 0.5) is 13.9 Å². The van der Waals surface area contributed by atoms with Gasteiger partial charge in [0.2, 0.25) is 0 Å². The van der Waals surface area contributed by atoms with Crippen LogP contribution in [0.25, 0.3) is 0 Å². The number of rotatable bonds is 5. The lowest BCUT2D eigenvalue weighted by Gasteiger charge is -2.27. The van der Waals surface area contributed by atoms with Crippen LogP contribution in [0.1, 0.15) is 23.7 Å². The molecule has 1 unspecified atom stereocenters. The Morgan fingerprint density at radius 3 is 2.40 bits per heavy atom. The van der Waals surface area contributed by atoms with Gasteiger partial charge in [0.25, 0.3) is 0 Å². The molecule has 0 aliphatic rings. The van der Waals surface area contributed by atoms with E-state index in [2.05, 4.69) is 4.98 Å². The Morgan fingerprint density at radius 1 is 1.12 bits per heavy atom. The third-order valence-electron chi connectivity index (χ3n) is 4.42. The van der Waals surface area contributed by atoms with E-state index in [0.29, 0.717) is 17.1 Å². The van der Waals surface area contributed by atoms with Crippen molar-refractivity contribution in [1.82, 2.24) is 0 Å². The van der Waals surface area contributed by atoms with Crippen LogP contribution in [0.5, 0.6) is 5.75 Å². The molecule has 1 atom stereocenters. The zero-order chi connectivity index (χ0) is 18.0. The van der Waals surface area contributed by atoms with Crippen LogP contribution in [-0.4, -0.2) is 7.11 Å². The molecule has 0 saturated heterocycles. The molecule has 0 bridgehead atoms. The molecule has 1 heterocycles. The number of nitrogen functional groups attached to an aromatic ring is 1. The summed E-state index contributed by atoms with van der Waals surface area (Å²) < 4.78 is 32.1. The first-order valence-corrected chi connectivity index (χ1v) is 8.65. The number of hydrogen-bond acceptors (Lipinski definition) is 3. The molecule has 0 aliphatic carbocycles. The number of aromatic amines is 1. The summed E-state index contributed by atoms with van der Waals surface area (Å²) in [4.78, 5) is 3.19. The zero-order valence-corrected chi connectivity index (χ0v) is 14.8. The summed E-state index contributed by atoms with van der Waals surface area (Å²) in [6, 6.07) is 11.7. The first kappa shape index (κ1) is 17.4. The van der Waals surface area contributed by atoms with Gasteiger partial charge in [0.15, 0.2) is 11.6 Å². The number of anilines is 1. The number of methoxy groups -OCH3 is 1. The fourth-order valence-corrected chi connectivity index (χ4v) is 3.68. The maximum Gasteiger partial charge on any atom is 0.329 e. The molecule has 0 fully saturated rings. The second kappa shape index (κ2) is 6.80. The molecule has 3 aromatic rings. The summed E-state index contributed by atoms with van der Waals surface area (Å²) in [5.74, 6) is -0.933. The SMILES string of the molecule is COc1ccc(C(C)(Cc2ccc(F)c(F)c2)c2csc(N)[nH+]2)cc1. The summed E-state index contributed by atoms with van der Waals surface area (Å²) in [6.07, 6.45) is 0.489. The normalized spacial score (nSPS) is 13.4. The van der Waals surface area contributed by atoms with Gasteiger partial charge in [-0.15, -0.1) is 0 Å². The van der Waals surface area contributed by atoms with E-state index in [-0.39, 0.29) is 0 Å². The summed E-state index contributed by atoms with van der Waals surface area (Å²) in [5.41, 5.74) is 8.03. The molecule has 2 aromatic carbocycles. The maximum atomic E-state index is 13.6. The molecular formula is C19H19F2N2OS+. The first-order valence-electron chi connectivity index (χ1n) is 7.77. The van der Waals surface area contributed by atoms with E-state index in [4.69, 9.17) is 10.5 Å². The van der Waals surface area contributed by atoms with Crippen LogP contribution in [0.2, 0.25) is 0 Å². The Labute approximate surface area is 149 Å². The molecule has 0 amide bonds. The van der Waals surface area contributed by atoms with E-state index in [1.165, 1.54) is 17.4 Å². The molecule has 0 spiro atoms. The molecule has 25 heavy (non-hydrogen) atoms. The number of ether oxygens (including phenoxy) is 1. The Hall–Kier alpha value is -2.47. The number of nitrogens with one attached hydrogen (secondary N) is 1. The van der Waals surface area contributed by atoms with Crippen molar-refractivity contribution >= 4 is 16.5 Å². The van der Waals surface area contributed by atoms with Crippen LogP contribution >= 0.6 is 11.3 Å². The van der Waals surface area contributed by atoms with E-state index in [0.717, 1.165) is 23.1 Å². The van der Waals surface area contributed by atoms with Gasteiger partial charge in [0.05, 0.1) is 12.5 Å². The molecule has 0 aliphatic heterocycles. The van der Waals surface area contributed by atoms with Gasteiger partial charge in [0.1, 0.15) is 11.4 Å². The minimum Gasteiger partial charge on any atom is -0.497 e. The van der Waals surface area contributed by atoms with Crippen molar-refractivity contribution in [1.29, 1.82) is 0 Å². The quantitative estimate of drug-likeness (QED) is 0.747. The van der Waals surface area contributed by atoms with Crippen LogP contribution in [-0.2, 0) is 11.8 Å². The third-order valence-corrected chi connectivity index (χ3v) is 5.13.